The minimum Gasteiger partial charge on any atom is -0.338 e. The van der Waals surface area contributed by atoms with Gasteiger partial charge in [-0.2, -0.15) is 10.2 Å². The molecule has 0 fully saturated rings. The molecule has 0 radical (unpaired) electrons. The smallest absolute Gasteiger partial charge is 0.319 e. The summed E-state index contributed by atoms with van der Waals surface area (Å²) in [7, 11) is 0. The zero-order valence-electron chi connectivity index (χ0n) is 6.74. The highest BCUT2D eigenvalue weighted by Gasteiger charge is 1.97. The Morgan fingerprint density at radius 2 is 2.42 bits per heavy atom. The van der Waals surface area contributed by atoms with Gasteiger partial charge in [0.15, 0.2) is 0 Å². The van der Waals surface area contributed by atoms with E-state index in [0.717, 1.165) is 0 Å². The van der Waals surface area contributed by atoms with E-state index in [4.69, 9.17) is 0 Å². The first-order chi connectivity index (χ1) is 5.83. The van der Waals surface area contributed by atoms with Gasteiger partial charge in [-0.3, -0.25) is 0 Å². The minimum atomic E-state index is -0.231. The molecule has 0 atom stereocenters. The molecule has 1 aromatic rings. The first-order valence-corrected chi connectivity index (χ1v) is 3.64. The number of urea groups is 1. The summed E-state index contributed by atoms with van der Waals surface area (Å²) < 4.78 is 0. The van der Waals surface area contributed by atoms with Crippen molar-refractivity contribution in [2.45, 2.75) is 6.92 Å². The number of anilines is 1. The summed E-state index contributed by atoms with van der Waals surface area (Å²) >= 11 is 0. The topological polar surface area (TPSA) is 66.9 Å². The van der Waals surface area contributed by atoms with E-state index < -0.39 is 0 Å². The second-order valence-electron chi connectivity index (χ2n) is 2.12. The van der Waals surface area contributed by atoms with Crippen molar-refractivity contribution in [2.75, 3.05) is 11.9 Å². The summed E-state index contributed by atoms with van der Waals surface area (Å²) in [5.74, 6) is 0. The van der Waals surface area contributed by atoms with Gasteiger partial charge in [0.05, 0.1) is 18.1 Å². The van der Waals surface area contributed by atoms with Crippen molar-refractivity contribution in [1.82, 2.24) is 15.5 Å². The van der Waals surface area contributed by atoms with Crippen molar-refractivity contribution in [3.05, 3.63) is 18.5 Å². The maximum Gasteiger partial charge on any atom is 0.319 e. The SMILES string of the molecule is CCNC(=O)Nc1ccnnc1. The van der Waals surface area contributed by atoms with E-state index in [-0.39, 0.29) is 6.03 Å². The second-order valence-corrected chi connectivity index (χ2v) is 2.12. The van der Waals surface area contributed by atoms with Crippen LogP contribution in [0.2, 0.25) is 0 Å². The summed E-state index contributed by atoms with van der Waals surface area (Å²) in [6, 6.07) is 1.44. The summed E-state index contributed by atoms with van der Waals surface area (Å²) in [5.41, 5.74) is 0.635. The molecule has 64 valence electrons. The normalized spacial score (nSPS) is 9.08. The largest absolute Gasteiger partial charge is 0.338 e. The average Bonchev–Trinajstić information content (AvgIpc) is 2.06. The van der Waals surface area contributed by atoms with E-state index >= 15 is 0 Å². The molecule has 12 heavy (non-hydrogen) atoms. The third-order valence-corrected chi connectivity index (χ3v) is 1.18. The van der Waals surface area contributed by atoms with E-state index in [9.17, 15) is 4.79 Å². The van der Waals surface area contributed by atoms with Gasteiger partial charge in [0.1, 0.15) is 0 Å². The Hall–Kier alpha value is -1.65. The molecule has 2 amide bonds. The second kappa shape index (κ2) is 4.27. The molecule has 1 aromatic heterocycles. The van der Waals surface area contributed by atoms with Gasteiger partial charge < -0.3 is 10.6 Å². The highest BCUT2D eigenvalue weighted by Crippen LogP contribution is 1.99. The Morgan fingerprint density at radius 3 is 3.00 bits per heavy atom. The van der Waals surface area contributed by atoms with Crippen LogP contribution in [0.4, 0.5) is 10.5 Å². The zero-order valence-corrected chi connectivity index (χ0v) is 6.74. The molecule has 1 heterocycles. The lowest BCUT2D eigenvalue weighted by atomic mass is 10.5. The number of rotatable bonds is 2. The van der Waals surface area contributed by atoms with Crippen molar-refractivity contribution >= 4 is 11.7 Å². The predicted octanol–water partition coefficient (Wildman–Crippen LogP) is 0.618. The van der Waals surface area contributed by atoms with Gasteiger partial charge in [-0.15, -0.1) is 0 Å². The fourth-order valence-corrected chi connectivity index (χ4v) is 0.700. The first kappa shape index (κ1) is 8.45. The first-order valence-electron chi connectivity index (χ1n) is 3.64. The summed E-state index contributed by atoms with van der Waals surface area (Å²) in [6.07, 6.45) is 3.00. The molecule has 5 nitrogen and oxygen atoms in total. The molecule has 0 spiro atoms. The number of hydrogen-bond acceptors (Lipinski definition) is 3. The van der Waals surface area contributed by atoms with Gasteiger partial charge in [-0.25, -0.2) is 4.79 Å². The molecule has 5 heteroatoms. The standard InChI is InChI=1S/C7H10N4O/c1-2-8-7(12)11-6-3-4-9-10-5-6/h3-5H,2H2,1H3,(H2,8,9,11,12). The molecule has 0 saturated carbocycles. The number of carbonyl (C=O) groups excluding carboxylic acids is 1. The van der Waals surface area contributed by atoms with Gasteiger partial charge in [0, 0.05) is 6.54 Å². The van der Waals surface area contributed by atoms with E-state index in [1.54, 1.807) is 6.07 Å². The Balaban J connectivity index is 2.47. The third kappa shape index (κ3) is 2.53. The number of hydrogen-bond donors (Lipinski definition) is 2. The lowest BCUT2D eigenvalue weighted by molar-refractivity contribution is 0.252. The number of amides is 2. The Kier molecular flexibility index (Phi) is 3.01. The van der Waals surface area contributed by atoms with Crippen LogP contribution in [-0.2, 0) is 0 Å². The molecule has 0 unspecified atom stereocenters. The monoisotopic (exact) mass is 166 g/mol. The highest BCUT2D eigenvalue weighted by atomic mass is 16.2. The van der Waals surface area contributed by atoms with Crippen molar-refractivity contribution in [1.29, 1.82) is 0 Å². The van der Waals surface area contributed by atoms with Crippen LogP contribution in [0.3, 0.4) is 0 Å². The van der Waals surface area contributed by atoms with Crippen molar-refractivity contribution in [2.24, 2.45) is 0 Å². The molecule has 2 N–H and O–H groups in total. The summed E-state index contributed by atoms with van der Waals surface area (Å²) in [4.78, 5) is 10.9. The van der Waals surface area contributed by atoms with Gasteiger partial charge in [-0.05, 0) is 13.0 Å². The fourth-order valence-electron chi connectivity index (χ4n) is 0.700. The summed E-state index contributed by atoms with van der Waals surface area (Å²) in [5, 5.41) is 12.4. The van der Waals surface area contributed by atoms with E-state index in [1.807, 2.05) is 6.92 Å². The Labute approximate surface area is 70.2 Å². The zero-order chi connectivity index (χ0) is 8.81. The van der Waals surface area contributed by atoms with Crippen LogP contribution in [0.15, 0.2) is 18.5 Å². The molecule has 0 aliphatic carbocycles. The Bertz CT molecular complexity index is 249. The Morgan fingerprint density at radius 1 is 1.58 bits per heavy atom. The quantitative estimate of drug-likeness (QED) is 0.676. The molecule has 0 aliphatic rings. The van der Waals surface area contributed by atoms with Crippen LogP contribution < -0.4 is 10.6 Å². The van der Waals surface area contributed by atoms with Crippen molar-refractivity contribution < 1.29 is 4.79 Å². The van der Waals surface area contributed by atoms with Crippen molar-refractivity contribution in [3.8, 4) is 0 Å². The fraction of sp³-hybridized carbons (Fsp3) is 0.286. The van der Waals surface area contributed by atoms with Gasteiger partial charge in [-0.1, -0.05) is 0 Å². The summed E-state index contributed by atoms with van der Waals surface area (Å²) in [6.45, 7) is 2.45. The minimum absolute atomic E-state index is 0.231. The van der Waals surface area contributed by atoms with Crippen LogP contribution in [0.1, 0.15) is 6.92 Å². The molecular formula is C7H10N4O. The average molecular weight is 166 g/mol. The van der Waals surface area contributed by atoms with Crippen LogP contribution in [-0.4, -0.2) is 22.8 Å². The van der Waals surface area contributed by atoms with Crippen molar-refractivity contribution in [3.63, 3.8) is 0 Å². The number of nitrogens with zero attached hydrogens (tertiary/aromatic N) is 2. The van der Waals surface area contributed by atoms with E-state index in [0.29, 0.717) is 12.2 Å². The molecule has 0 saturated heterocycles. The van der Waals surface area contributed by atoms with Crippen LogP contribution >= 0.6 is 0 Å². The lowest BCUT2D eigenvalue weighted by Crippen LogP contribution is -2.28. The lowest BCUT2D eigenvalue weighted by Gasteiger charge is -2.03. The number of aromatic nitrogens is 2. The highest BCUT2D eigenvalue weighted by molar-refractivity contribution is 5.88. The maximum atomic E-state index is 10.9. The maximum absolute atomic E-state index is 10.9. The molecule has 1 rings (SSSR count). The molecule has 0 aliphatic heterocycles. The van der Waals surface area contributed by atoms with Gasteiger partial charge in [0.25, 0.3) is 0 Å². The predicted molar refractivity (Wildman–Crippen MR) is 44.7 cm³/mol. The molecular weight excluding hydrogens is 156 g/mol. The van der Waals surface area contributed by atoms with Gasteiger partial charge in [0.2, 0.25) is 0 Å². The molecule has 0 aromatic carbocycles. The van der Waals surface area contributed by atoms with Gasteiger partial charge >= 0.3 is 6.03 Å². The van der Waals surface area contributed by atoms with Crippen LogP contribution in [0.5, 0.6) is 0 Å². The van der Waals surface area contributed by atoms with E-state index in [1.165, 1.54) is 12.4 Å². The molecule has 0 bridgehead atoms. The van der Waals surface area contributed by atoms with Crippen LogP contribution in [0, 0.1) is 0 Å². The number of nitrogens with one attached hydrogen (secondary N) is 2. The third-order valence-electron chi connectivity index (χ3n) is 1.18. The van der Waals surface area contributed by atoms with Crippen LogP contribution in [0.25, 0.3) is 0 Å². The van der Waals surface area contributed by atoms with E-state index in [2.05, 4.69) is 20.8 Å². The number of carbonyl (C=O) groups is 1.